The monoisotopic (exact) mass is 397 g/mol. The van der Waals surface area contributed by atoms with Crippen molar-refractivity contribution in [3.8, 4) is 11.4 Å². The average Bonchev–Trinajstić information content (AvgIpc) is 3.49. The second kappa shape index (κ2) is 7.30. The number of ether oxygens (including phenoxy) is 1. The van der Waals surface area contributed by atoms with Gasteiger partial charge in [-0.15, -0.1) is 4.68 Å². The van der Waals surface area contributed by atoms with Gasteiger partial charge in [-0.05, 0) is 47.5 Å². The van der Waals surface area contributed by atoms with Crippen molar-refractivity contribution in [2.75, 3.05) is 12.0 Å². The minimum atomic E-state index is -0.935. The van der Waals surface area contributed by atoms with Crippen LogP contribution in [0, 0.1) is 5.82 Å². The first-order valence-corrected chi connectivity index (χ1v) is 8.82. The number of nitrogens with zero attached hydrogens (tertiary/aromatic N) is 5. The summed E-state index contributed by atoms with van der Waals surface area (Å²) in [5.74, 6) is -0.673. The third-order valence-corrected chi connectivity index (χ3v) is 4.55. The Morgan fingerprint density at radius 3 is 2.69 bits per heavy atom. The van der Waals surface area contributed by atoms with E-state index in [1.165, 1.54) is 24.1 Å². The molecule has 0 aliphatic heterocycles. The lowest BCUT2D eigenvalue weighted by molar-refractivity contribution is 0.112. The molecule has 1 heterocycles. The molecule has 2 aromatic carbocycles. The average molecular weight is 397 g/mol. The zero-order valence-corrected chi connectivity index (χ0v) is 15.4. The molecule has 4 rings (SSSR count). The number of halogens is 1. The minimum absolute atomic E-state index is 0.0735. The molecule has 0 saturated heterocycles. The van der Waals surface area contributed by atoms with Gasteiger partial charge in [-0.3, -0.25) is 9.69 Å². The lowest BCUT2D eigenvalue weighted by atomic mass is 10.2. The summed E-state index contributed by atoms with van der Waals surface area (Å²) in [7, 11) is 1.33. The fourth-order valence-electron chi connectivity index (χ4n) is 3.03. The molecule has 1 amide bonds. The normalized spacial score (nSPS) is 13.2. The molecule has 1 aromatic heterocycles. The van der Waals surface area contributed by atoms with Crippen molar-refractivity contribution in [2.24, 2.45) is 0 Å². The van der Waals surface area contributed by atoms with Crippen molar-refractivity contribution in [3.05, 3.63) is 64.3 Å². The Labute approximate surface area is 163 Å². The van der Waals surface area contributed by atoms with Gasteiger partial charge in [0.15, 0.2) is 5.82 Å². The molecule has 1 saturated carbocycles. The molecule has 148 valence electrons. The van der Waals surface area contributed by atoms with E-state index in [1.807, 2.05) is 0 Å². The Hall–Kier alpha value is -3.82. The molecule has 0 unspecified atom stereocenters. The SMILES string of the molecule is COc1cccc(F)c1-n1nnn(C(=O)N(c2cccc(C=O)c2)C2CC2)c1=O. The number of carbonyl (C=O) groups excluding carboxylic acids is 2. The Balaban J connectivity index is 1.77. The first-order valence-electron chi connectivity index (χ1n) is 8.82. The molecule has 0 spiro atoms. The highest BCUT2D eigenvalue weighted by molar-refractivity contribution is 5.95. The number of rotatable bonds is 5. The van der Waals surface area contributed by atoms with Gasteiger partial charge in [-0.25, -0.2) is 14.0 Å². The van der Waals surface area contributed by atoms with E-state index in [9.17, 15) is 18.8 Å². The van der Waals surface area contributed by atoms with E-state index in [1.54, 1.807) is 24.3 Å². The van der Waals surface area contributed by atoms with Gasteiger partial charge in [0, 0.05) is 17.3 Å². The molecule has 0 bridgehead atoms. The molecule has 1 fully saturated rings. The van der Waals surface area contributed by atoms with Gasteiger partial charge in [0.1, 0.15) is 17.7 Å². The van der Waals surface area contributed by atoms with Gasteiger partial charge < -0.3 is 4.74 Å². The third kappa shape index (κ3) is 3.28. The van der Waals surface area contributed by atoms with Crippen molar-refractivity contribution in [2.45, 2.75) is 18.9 Å². The van der Waals surface area contributed by atoms with Crippen LogP contribution in [0.3, 0.4) is 0 Å². The van der Waals surface area contributed by atoms with E-state index in [0.717, 1.165) is 18.9 Å². The molecule has 0 N–H and O–H groups in total. The van der Waals surface area contributed by atoms with Gasteiger partial charge in [0.25, 0.3) is 0 Å². The summed E-state index contributed by atoms with van der Waals surface area (Å²) in [6.45, 7) is 0. The highest BCUT2D eigenvalue weighted by atomic mass is 19.1. The predicted molar refractivity (Wildman–Crippen MR) is 100 cm³/mol. The maximum atomic E-state index is 14.3. The zero-order valence-electron chi connectivity index (χ0n) is 15.4. The number of aromatic nitrogens is 4. The lowest BCUT2D eigenvalue weighted by Gasteiger charge is -2.21. The van der Waals surface area contributed by atoms with E-state index in [0.29, 0.717) is 26.9 Å². The number of benzene rings is 2. The highest BCUT2D eigenvalue weighted by Crippen LogP contribution is 2.32. The number of aldehydes is 1. The van der Waals surface area contributed by atoms with Crippen LogP contribution in [0.15, 0.2) is 47.3 Å². The smallest absolute Gasteiger partial charge is 0.377 e. The first kappa shape index (κ1) is 18.5. The second-order valence-corrected chi connectivity index (χ2v) is 6.47. The molecule has 1 aliphatic carbocycles. The van der Waals surface area contributed by atoms with E-state index in [4.69, 9.17) is 4.74 Å². The molecular formula is C19H16FN5O4. The lowest BCUT2D eigenvalue weighted by Crippen LogP contribution is -2.42. The minimum Gasteiger partial charge on any atom is -0.494 e. The molecular weight excluding hydrogens is 381 g/mol. The molecule has 1 aliphatic rings. The number of hydrogen-bond acceptors (Lipinski definition) is 6. The quantitative estimate of drug-likeness (QED) is 0.483. The van der Waals surface area contributed by atoms with Crippen LogP contribution in [0.1, 0.15) is 23.2 Å². The largest absolute Gasteiger partial charge is 0.494 e. The predicted octanol–water partition coefficient (Wildman–Crippen LogP) is 2.03. The van der Waals surface area contributed by atoms with Crippen molar-refractivity contribution >= 4 is 18.0 Å². The van der Waals surface area contributed by atoms with Crippen LogP contribution in [0.5, 0.6) is 5.75 Å². The molecule has 29 heavy (non-hydrogen) atoms. The van der Waals surface area contributed by atoms with Gasteiger partial charge >= 0.3 is 11.7 Å². The topological polar surface area (TPSA) is 99.3 Å². The van der Waals surface area contributed by atoms with Gasteiger partial charge in [-0.2, -0.15) is 4.68 Å². The van der Waals surface area contributed by atoms with Gasteiger partial charge in [-0.1, -0.05) is 18.2 Å². The first-order chi connectivity index (χ1) is 14.0. The number of tetrazole rings is 1. The second-order valence-electron chi connectivity index (χ2n) is 6.47. The van der Waals surface area contributed by atoms with Crippen LogP contribution in [0.25, 0.3) is 5.69 Å². The number of hydrogen-bond donors (Lipinski definition) is 0. The van der Waals surface area contributed by atoms with Gasteiger partial charge in [0.05, 0.1) is 7.11 Å². The standard InChI is InChI=1S/C19H16FN5O4/c1-29-16-7-3-6-15(20)17(16)24-19(28)25(22-21-24)18(27)23(13-8-9-13)14-5-2-4-12(10-14)11-26/h2-7,10-11,13H,8-9H2,1H3. The molecule has 0 atom stereocenters. The molecule has 9 nitrogen and oxygen atoms in total. The summed E-state index contributed by atoms with van der Waals surface area (Å²) in [4.78, 5) is 38.4. The van der Waals surface area contributed by atoms with E-state index >= 15 is 0 Å². The summed E-state index contributed by atoms with van der Waals surface area (Å²) >= 11 is 0. The summed E-state index contributed by atoms with van der Waals surface area (Å²) in [6, 6.07) is 9.65. The Kier molecular flexibility index (Phi) is 4.67. The summed E-state index contributed by atoms with van der Waals surface area (Å²) in [5, 5.41) is 7.30. The van der Waals surface area contributed by atoms with E-state index in [-0.39, 0.29) is 17.5 Å². The number of amides is 1. The molecule has 0 radical (unpaired) electrons. The van der Waals surface area contributed by atoms with Crippen LogP contribution in [-0.4, -0.2) is 45.3 Å². The van der Waals surface area contributed by atoms with Crippen LogP contribution < -0.4 is 15.3 Å². The number of para-hydroxylation sites is 1. The number of anilines is 1. The summed E-state index contributed by atoms with van der Waals surface area (Å²) in [6.07, 6.45) is 2.17. The summed E-state index contributed by atoms with van der Waals surface area (Å²) < 4.78 is 20.7. The fourth-order valence-corrected chi connectivity index (χ4v) is 3.03. The van der Waals surface area contributed by atoms with Crippen LogP contribution in [-0.2, 0) is 0 Å². The number of methoxy groups -OCH3 is 1. The fraction of sp³-hybridized carbons (Fsp3) is 0.211. The maximum absolute atomic E-state index is 14.3. The van der Waals surface area contributed by atoms with E-state index < -0.39 is 17.5 Å². The zero-order chi connectivity index (χ0) is 20.5. The van der Waals surface area contributed by atoms with Crippen molar-refractivity contribution in [1.82, 2.24) is 19.8 Å². The summed E-state index contributed by atoms with van der Waals surface area (Å²) in [5.41, 5.74) is -0.310. The van der Waals surface area contributed by atoms with Crippen molar-refractivity contribution in [3.63, 3.8) is 0 Å². The van der Waals surface area contributed by atoms with Crippen LogP contribution in [0.2, 0.25) is 0 Å². The van der Waals surface area contributed by atoms with E-state index in [2.05, 4.69) is 10.4 Å². The third-order valence-electron chi connectivity index (χ3n) is 4.55. The van der Waals surface area contributed by atoms with Crippen LogP contribution in [0.4, 0.5) is 14.9 Å². The van der Waals surface area contributed by atoms with Crippen LogP contribution >= 0.6 is 0 Å². The Morgan fingerprint density at radius 2 is 2.00 bits per heavy atom. The Bertz CT molecular complexity index is 1150. The highest BCUT2D eigenvalue weighted by Gasteiger charge is 2.36. The maximum Gasteiger partial charge on any atom is 0.377 e. The van der Waals surface area contributed by atoms with Gasteiger partial charge in [0.2, 0.25) is 0 Å². The van der Waals surface area contributed by atoms with Crippen molar-refractivity contribution in [1.29, 1.82) is 0 Å². The number of carbonyl (C=O) groups is 2. The van der Waals surface area contributed by atoms with Crippen molar-refractivity contribution < 1.29 is 18.7 Å². The Morgan fingerprint density at radius 1 is 1.24 bits per heavy atom. The molecule has 10 heteroatoms. The molecule has 3 aromatic rings.